The van der Waals surface area contributed by atoms with Crippen LogP contribution in [0.25, 0.3) is 0 Å². The van der Waals surface area contributed by atoms with E-state index in [9.17, 15) is 4.79 Å². The SMILES string of the molecule is CC(c1cccc(Cl)c1)N(C)C(=O)c1ccc(N)cc1Cl. The zero-order valence-corrected chi connectivity index (χ0v) is 13.3. The lowest BCUT2D eigenvalue weighted by molar-refractivity contribution is 0.0743. The number of hydrogen-bond donors (Lipinski definition) is 1. The van der Waals surface area contributed by atoms with Crippen molar-refractivity contribution in [1.29, 1.82) is 0 Å². The van der Waals surface area contributed by atoms with Crippen LogP contribution in [0.3, 0.4) is 0 Å². The molecule has 3 nitrogen and oxygen atoms in total. The first-order valence-corrected chi connectivity index (χ1v) is 7.23. The summed E-state index contributed by atoms with van der Waals surface area (Å²) in [4.78, 5) is 14.2. The van der Waals surface area contributed by atoms with Crippen LogP contribution < -0.4 is 5.73 Å². The molecule has 0 aliphatic rings. The van der Waals surface area contributed by atoms with E-state index in [4.69, 9.17) is 28.9 Å². The lowest BCUT2D eigenvalue weighted by Crippen LogP contribution is -2.29. The first-order valence-electron chi connectivity index (χ1n) is 6.48. The molecular formula is C16H16Cl2N2O. The molecule has 110 valence electrons. The molecule has 5 heteroatoms. The Morgan fingerprint density at radius 3 is 2.52 bits per heavy atom. The number of nitrogen functional groups attached to an aromatic ring is 1. The van der Waals surface area contributed by atoms with Crippen molar-refractivity contribution in [3.8, 4) is 0 Å². The van der Waals surface area contributed by atoms with E-state index < -0.39 is 0 Å². The van der Waals surface area contributed by atoms with Crippen molar-refractivity contribution < 1.29 is 4.79 Å². The Morgan fingerprint density at radius 1 is 1.19 bits per heavy atom. The number of nitrogens with zero attached hydrogens (tertiary/aromatic N) is 1. The summed E-state index contributed by atoms with van der Waals surface area (Å²) in [5.41, 5.74) is 7.57. The molecule has 2 N–H and O–H groups in total. The molecule has 0 saturated heterocycles. The first-order chi connectivity index (χ1) is 9.90. The summed E-state index contributed by atoms with van der Waals surface area (Å²) in [7, 11) is 1.74. The fourth-order valence-electron chi connectivity index (χ4n) is 2.06. The molecule has 0 saturated carbocycles. The molecule has 0 aliphatic heterocycles. The van der Waals surface area contributed by atoms with Crippen molar-refractivity contribution in [3.05, 3.63) is 63.6 Å². The Bertz CT molecular complexity index is 673. The number of benzene rings is 2. The molecule has 2 aromatic rings. The standard InChI is InChI=1S/C16H16Cl2N2O/c1-10(11-4-3-5-12(17)8-11)20(2)16(21)14-7-6-13(19)9-15(14)18/h3-10H,19H2,1-2H3. The highest BCUT2D eigenvalue weighted by atomic mass is 35.5. The van der Waals surface area contributed by atoms with E-state index in [1.165, 1.54) is 0 Å². The highest BCUT2D eigenvalue weighted by molar-refractivity contribution is 6.34. The third kappa shape index (κ3) is 3.49. The van der Waals surface area contributed by atoms with E-state index in [-0.39, 0.29) is 11.9 Å². The van der Waals surface area contributed by atoms with Crippen LogP contribution in [0.2, 0.25) is 10.0 Å². The van der Waals surface area contributed by atoms with Gasteiger partial charge in [0.25, 0.3) is 5.91 Å². The summed E-state index contributed by atoms with van der Waals surface area (Å²) in [6.07, 6.45) is 0. The highest BCUT2D eigenvalue weighted by Gasteiger charge is 2.21. The second-order valence-electron chi connectivity index (χ2n) is 4.89. The number of carbonyl (C=O) groups excluding carboxylic acids is 1. The smallest absolute Gasteiger partial charge is 0.255 e. The van der Waals surface area contributed by atoms with Crippen LogP contribution in [0, 0.1) is 0 Å². The molecule has 2 rings (SSSR count). The molecule has 0 heterocycles. The van der Waals surface area contributed by atoms with Gasteiger partial charge in [0, 0.05) is 17.8 Å². The van der Waals surface area contributed by atoms with E-state index in [0.717, 1.165) is 5.56 Å². The Balaban J connectivity index is 2.26. The van der Waals surface area contributed by atoms with Gasteiger partial charge < -0.3 is 10.6 Å². The van der Waals surface area contributed by atoms with Gasteiger partial charge in [0.15, 0.2) is 0 Å². The third-order valence-electron chi connectivity index (χ3n) is 3.46. The molecule has 0 radical (unpaired) electrons. The van der Waals surface area contributed by atoms with Crippen LogP contribution in [0.5, 0.6) is 0 Å². The van der Waals surface area contributed by atoms with Crippen LogP contribution in [-0.4, -0.2) is 17.9 Å². The summed E-state index contributed by atoms with van der Waals surface area (Å²) in [5.74, 6) is -0.160. The third-order valence-corrected chi connectivity index (χ3v) is 4.00. The predicted molar refractivity (Wildman–Crippen MR) is 87.8 cm³/mol. The molecular weight excluding hydrogens is 307 g/mol. The summed E-state index contributed by atoms with van der Waals surface area (Å²) in [6.45, 7) is 1.94. The maximum absolute atomic E-state index is 12.5. The molecule has 1 amide bonds. The topological polar surface area (TPSA) is 46.3 Å². The maximum Gasteiger partial charge on any atom is 0.255 e. The van der Waals surface area contributed by atoms with Gasteiger partial charge in [-0.2, -0.15) is 0 Å². The molecule has 0 aliphatic carbocycles. The average molecular weight is 323 g/mol. The Morgan fingerprint density at radius 2 is 1.90 bits per heavy atom. The minimum Gasteiger partial charge on any atom is -0.399 e. The van der Waals surface area contributed by atoms with E-state index in [1.807, 2.05) is 25.1 Å². The normalized spacial score (nSPS) is 12.0. The van der Waals surface area contributed by atoms with E-state index in [2.05, 4.69) is 0 Å². The van der Waals surface area contributed by atoms with Crippen LogP contribution in [0.1, 0.15) is 28.9 Å². The van der Waals surface area contributed by atoms with Gasteiger partial charge in [0.05, 0.1) is 16.6 Å². The molecule has 0 aromatic heterocycles. The number of anilines is 1. The molecule has 2 aromatic carbocycles. The van der Waals surface area contributed by atoms with Gasteiger partial charge in [0.2, 0.25) is 0 Å². The number of nitrogens with two attached hydrogens (primary N) is 1. The molecule has 0 bridgehead atoms. The quantitative estimate of drug-likeness (QED) is 0.851. The first kappa shape index (κ1) is 15.7. The number of rotatable bonds is 3. The van der Waals surface area contributed by atoms with E-state index >= 15 is 0 Å². The van der Waals surface area contributed by atoms with Gasteiger partial charge in [-0.1, -0.05) is 35.3 Å². The van der Waals surface area contributed by atoms with E-state index in [0.29, 0.717) is 21.3 Å². The van der Waals surface area contributed by atoms with Gasteiger partial charge in [-0.25, -0.2) is 0 Å². The van der Waals surface area contributed by atoms with Gasteiger partial charge in [-0.15, -0.1) is 0 Å². The summed E-state index contributed by atoms with van der Waals surface area (Å²) < 4.78 is 0. The number of carbonyl (C=O) groups is 1. The monoisotopic (exact) mass is 322 g/mol. The van der Waals surface area contributed by atoms with Gasteiger partial charge in [0.1, 0.15) is 0 Å². The van der Waals surface area contributed by atoms with Crippen molar-refractivity contribution in [2.75, 3.05) is 12.8 Å². The van der Waals surface area contributed by atoms with E-state index in [1.54, 1.807) is 36.2 Å². The van der Waals surface area contributed by atoms with Crippen LogP contribution >= 0.6 is 23.2 Å². The van der Waals surface area contributed by atoms with Gasteiger partial charge in [-0.3, -0.25) is 4.79 Å². The number of hydrogen-bond acceptors (Lipinski definition) is 2. The van der Waals surface area contributed by atoms with Gasteiger partial charge in [-0.05, 0) is 42.8 Å². The predicted octanol–water partition coefficient (Wildman–Crippen LogP) is 4.41. The van der Waals surface area contributed by atoms with Crippen LogP contribution in [-0.2, 0) is 0 Å². The minimum absolute atomic E-state index is 0.121. The Labute approximate surface area is 134 Å². The van der Waals surface area contributed by atoms with Crippen molar-refractivity contribution in [3.63, 3.8) is 0 Å². The molecule has 0 spiro atoms. The van der Waals surface area contributed by atoms with Crippen LogP contribution in [0.15, 0.2) is 42.5 Å². The lowest BCUT2D eigenvalue weighted by Gasteiger charge is -2.26. The molecule has 21 heavy (non-hydrogen) atoms. The molecule has 0 fully saturated rings. The van der Waals surface area contributed by atoms with Crippen LogP contribution in [0.4, 0.5) is 5.69 Å². The molecule has 1 atom stereocenters. The second kappa shape index (κ2) is 6.37. The lowest BCUT2D eigenvalue weighted by atomic mass is 10.1. The Kier molecular flexibility index (Phi) is 4.76. The summed E-state index contributed by atoms with van der Waals surface area (Å²) in [6, 6.07) is 12.2. The zero-order chi connectivity index (χ0) is 15.6. The summed E-state index contributed by atoms with van der Waals surface area (Å²) >= 11 is 12.1. The largest absolute Gasteiger partial charge is 0.399 e. The summed E-state index contributed by atoms with van der Waals surface area (Å²) in [5, 5.41) is 0.996. The molecule has 1 unspecified atom stereocenters. The number of amides is 1. The second-order valence-corrected chi connectivity index (χ2v) is 5.73. The van der Waals surface area contributed by atoms with Gasteiger partial charge >= 0.3 is 0 Å². The highest BCUT2D eigenvalue weighted by Crippen LogP contribution is 2.26. The van der Waals surface area contributed by atoms with Crippen molar-refractivity contribution >= 4 is 34.8 Å². The zero-order valence-electron chi connectivity index (χ0n) is 11.8. The Hall–Kier alpha value is -1.71. The van der Waals surface area contributed by atoms with Crippen molar-refractivity contribution in [2.24, 2.45) is 0 Å². The van der Waals surface area contributed by atoms with Crippen molar-refractivity contribution in [1.82, 2.24) is 4.90 Å². The average Bonchev–Trinajstić information content (AvgIpc) is 2.45. The minimum atomic E-state index is -0.160. The fraction of sp³-hybridized carbons (Fsp3) is 0.188. The number of halogens is 2. The fourth-order valence-corrected chi connectivity index (χ4v) is 2.53. The van der Waals surface area contributed by atoms with Crippen molar-refractivity contribution in [2.45, 2.75) is 13.0 Å². The maximum atomic E-state index is 12.5.